The summed E-state index contributed by atoms with van der Waals surface area (Å²) in [5.74, 6) is -0.853. The first kappa shape index (κ1) is 28.5. The van der Waals surface area contributed by atoms with Crippen LogP contribution in [0.2, 0.25) is 0 Å². The number of aromatic nitrogens is 1. The van der Waals surface area contributed by atoms with E-state index in [4.69, 9.17) is 0 Å². The third-order valence-electron chi connectivity index (χ3n) is 6.28. The maximum Gasteiger partial charge on any atom is 0.248 e. The molecule has 2 atom stereocenters. The molecule has 0 aliphatic carbocycles. The van der Waals surface area contributed by atoms with Crippen molar-refractivity contribution in [3.63, 3.8) is 0 Å². The van der Waals surface area contributed by atoms with Gasteiger partial charge in [-0.2, -0.15) is 4.31 Å². The summed E-state index contributed by atoms with van der Waals surface area (Å²) in [5, 5.41) is 3.86. The van der Waals surface area contributed by atoms with E-state index in [2.05, 4.69) is 37.7 Å². The third-order valence-corrected chi connectivity index (χ3v) is 7.79. The van der Waals surface area contributed by atoms with Crippen molar-refractivity contribution < 1.29 is 18.0 Å². The minimum absolute atomic E-state index is 0.111. The smallest absolute Gasteiger partial charge is 0.248 e. The van der Waals surface area contributed by atoms with Gasteiger partial charge in [-0.05, 0) is 62.8 Å². The van der Waals surface area contributed by atoms with E-state index >= 15 is 0 Å². The van der Waals surface area contributed by atoms with E-state index < -0.39 is 33.6 Å². The Labute approximate surface area is 220 Å². The normalized spacial score (nSPS) is 17.7. The van der Waals surface area contributed by atoms with Gasteiger partial charge in [0.1, 0.15) is 12.1 Å². The molecular weight excluding hydrogens is 488 g/mol. The van der Waals surface area contributed by atoms with Crippen LogP contribution in [-0.4, -0.2) is 47.6 Å². The van der Waals surface area contributed by atoms with E-state index in [-0.39, 0.29) is 17.9 Å². The van der Waals surface area contributed by atoms with Gasteiger partial charge in [-0.3, -0.25) is 19.5 Å². The van der Waals surface area contributed by atoms with Crippen molar-refractivity contribution in [1.29, 1.82) is 0 Å². The molecule has 0 radical (unpaired) electrons. The highest BCUT2D eigenvalue weighted by Gasteiger charge is 2.44. The average Bonchev–Trinajstić information content (AvgIpc) is 3.32. The van der Waals surface area contributed by atoms with Crippen LogP contribution in [0, 0.1) is 0 Å². The SMILES string of the molecule is C=CS(=O)(=O)N1CCC[C@@H]1C(=O)N(c1ccc(C(C)(C)C)cc1)C(C(=O)NC(C)(C)C)c1cccnc1. The molecule has 1 unspecified atom stereocenters. The number of anilines is 1. The van der Waals surface area contributed by atoms with Crippen LogP contribution in [0.4, 0.5) is 5.69 Å². The number of nitrogens with one attached hydrogen (secondary N) is 1. The molecular formula is C28H38N4O4S. The van der Waals surface area contributed by atoms with Gasteiger partial charge >= 0.3 is 0 Å². The van der Waals surface area contributed by atoms with Crippen LogP contribution in [0.15, 0.2) is 60.8 Å². The first-order valence-electron chi connectivity index (χ1n) is 12.5. The number of nitrogens with zero attached hydrogens (tertiary/aromatic N) is 3. The summed E-state index contributed by atoms with van der Waals surface area (Å²) in [6, 6.07) is 8.94. The fourth-order valence-electron chi connectivity index (χ4n) is 4.47. The van der Waals surface area contributed by atoms with Crippen LogP contribution in [0.25, 0.3) is 0 Å². The summed E-state index contributed by atoms with van der Waals surface area (Å²) < 4.78 is 26.7. The molecule has 1 saturated heterocycles. The Kier molecular flexibility index (Phi) is 8.29. The van der Waals surface area contributed by atoms with Crippen molar-refractivity contribution >= 4 is 27.5 Å². The highest BCUT2D eigenvalue weighted by Crippen LogP contribution is 2.34. The zero-order valence-corrected chi connectivity index (χ0v) is 23.4. The second-order valence-corrected chi connectivity index (χ2v) is 13.2. The van der Waals surface area contributed by atoms with Gasteiger partial charge in [0.25, 0.3) is 0 Å². The highest BCUT2D eigenvalue weighted by molar-refractivity contribution is 7.92. The van der Waals surface area contributed by atoms with Gasteiger partial charge in [-0.15, -0.1) is 0 Å². The molecule has 2 amide bonds. The van der Waals surface area contributed by atoms with Crippen molar-refractivity contribution in [3.05, 3.63) is 71.9 Å². The number of benzene rings is 1. The Balaban J connectivity index is 2.19. The molecule has 8 nitrogen and oxygen atoms in total. The molecule has 1 aromatic carbocycles. The van der Waals surface area contributed by atoms with Crippen LogP contribution in [0.5, 0.6) is 0 Å². The van der Waals surface area contributed by atoms with E-state index in [9.17, 15) is 18.0 Å². The van der Waals surface area contributed by atoms with Gasteiger partial charge in [0, 0.05) is 41.1 Å². The zero-order chi connectivity index (χ0) is 27.6. The highest BCUT2D eigenvalue weighted by atomic mass is 32.2. The standard InChI is InChI=1S/C28H38N4O4S/c1-8-37(35,36)31-18-10-12-23(31)26(34)32(22-15-13-21(14-16-22)27(2,3)4)24(20-11-9-17-29-19-20)25(33)30-28(5,6)7/h8-9,11,13-17,19,23-24H,1,10,12,18H2,2-7H3,(H,30,33)/t23-,24?/m1/s1. The van der Waals surface area contributed by atoms with Crippen molar-refractivity contribution in [2.75, 3.05) is 11.4 Å². The maximum atomic E-state index is 14.3. The molecule has 9 heteroatoms. The monoisotopic (exact) mass is 526 g/mol. The number of amides is 2. The lowest BCUT2D eigenvalue weighted by atomic mass is 9.87. The van der Waals surface area contributed by atoms with E-state index in [0.29, 0.717) is 24.1 Å². The summed E-state index contributed by atoms with van der Waals surface area (Å²) >= 11 is 0. The minimum atomic E-state index is -3.84. The van der Waals surface area contributed by atoms with Crippen molar-refractivity contribution in [1.82, 2.24) is 14.6 Å². The minimum Gasteiger partial charge on any atom is -0.349 e. The van der Waals surface area contributed by atoms with E-state index in [1.807, 2.05) is 45.0 Å². The fraction of sp³-hybridized carbons (Fsp3) is 0.464. The molecule has 0 bridgehead atoms. The van der Waals surface area contributed by atoms with Crippen molar-refractivity contribution in [2.45, 2.75) is 77.4 Å². The molecule has 37 heavy (non-hydrogen) atoms. The molecule has 1 fully saturated rings. The molecule has 3 rings (SSSR count). The molecule has 0 spiro atoms. The molecule has 2 aromatic rings. The summed E-state index contributed by atoms with van der Waals surface area (Å²) in [7, 11) is -3.84. The predicted molar refractivity (Wildman–Crippen MR) is 146 cm³/mol. The predicted octanol–water partition coefficient (Wildman–Crippen LogP) is 4.31. The lowest BCUT2D eigenvalue weighted by Crippen LogP contribution is -2.53. The van der Waals surface area contributed by atoms with Gasteiger partial charge in [0.05, 0.1) is 0 Å². The maximum absolute atomic E-state index is 14.3. The van der Waals surface area contributed by atoms with Crippen LogP contribution in [-0.2, 0) is 25.0 Å². The Morgan fingerprint density at radius 3 is 2.30 bits per heavy atom. The molecule has 1 aromatic heterocycles. The van der Waals surface area contributed by atoms with Crippen LogP contribution < -0.4 is 10.2 Å². The van der Waals surface area contributed by atoms with Crippen molar-refractivity contribution in [2.24, 2.45) is 0 Å². The molecule has 1 N–H and O–H groups in total. The number of hydrogen-bond acceptors (Lipinski definition) is 5. The summed E-state index contributed by atoms with van der Waals surface area (Å²) in [5.41, 5.74) is 1.42. The number of pyridine rings is 1. The molecule has 1 aliphatic heterocycles. The lowest BCUT2D eigenvalue weighted by molar-refractivity contribution is -0.128. The Bertz CT molecular complexity index is 1230. The number of carbonyl (C=O) groups excluding carboxylic acids is 2. The largest absolute Gasteiger partial charge is 0.349 e. The Hall–Kier alpha value is -3.04. The molecule has 0 saturated carbocycles. The van der Waals surface area contributed by atoms with Gasteiger partial charge in [0.15, 0.2) is 0 Å². The summed E-state index contributed by atoms with van der Waals surface area (Å²) in [6.07, 6.45) is 4.04. The Morgan fingerprint density at radius 1 is 1.14 bits per heavy atom. The second kappa shape index (κ2) is 10.8. The van der Waals surface area contributed by atoms with Gasteiger partial charge in [-0.25, -0.2) is 8.42 Å². The number of rotatable bonds is 7. The summed E-state index contributed by atoms with van der Waals surface area (Å²) in [6.45, 7) is 15.5. The molecule has 1 aliphatic rings. The van der Waals surface area contributed by atoms with E-state index in [1.54, 1.807) is 24.5 Å². The fourth-order valence-corrected chi connectivity index (χ4v) is 5.59. The summed E-state index contributed by atoms with van der Waals surface area (Å²) in [4.78, 5) is 33.7. The number of sulfonamides is 1. The Morgan fingerprint density at radius 2 is 1.78 bits per heavy atom. The van der Waals surface area contributed by atoms with Gasteiger partial charge in [0.2, 0.25) is 21.8 Å². The average molecular weight is 527 g/mol. The van der Waals surface area contributed by atoms with E-state index in [1.165, 1.54) is 9.21 Å². The third kappa shape index (κ3) is 6.64. The van der Waals surface area contributed by atoms with Crippen LogP contribution in [0.3, 0.4) is 0 Å². The lowest BCUT2D eigenvalue weighted by Gasteiger charge is -2.36. The van der Waals surface area contributed by atoms with Crippen LogP contribution in [0.1, 0.15) is 71.6 Å². The first-order valence-corrected chi connectivity index (χ1v) is 14.0. The van der Waals surface area contributed by atoms with Crippen LogP contribution >= 0.6 is 0 Å². The first-order chi connectivity index (χ1) is 17.2. The number of carbonyl (C=O) groups is 2. The topological polar surface area (TPSA) is 99.7 Å². The quantitative estimate of drug-likeness (QED) is 0.580. The van der Waals surface area contributed by atoms with E-state index in [0.717, 1.165) is 11.0 Å². The molecule has 200 valence electrons. The second-order valence-electron chi connectivity index (χ2n) is 11.4. The van der Waals surface area contributed by atoms with Gasteiger partial charge in [-0.1, -0.05) is 45.5 Å². The zero-order valence-electron chi connectivity index (χ0n) is 22.6. The number of hydrogen-bond donors (Lipinski definition) is 1. The molecule has 2 heterocycles. The van der Waals surface area contributed by atoms with Crippen molar-refractivity contribution in [3.8, 4) is 0 Å². The van der Waals surface area contributed by atoms with Gasteiger partial charge < -0.3 is 5.32 Å².